The van der Waals surface area contributed by atoms with Crippen LogP contribution in [-0.2, 0) is 10.2 Å². The van der Waals surface area contributed by atoms with E-state index in [4.69, 9.17) is 9.15 Å². The summed E-state index contributed by atoms with van der Waals surface area (Å²) in [4.78, 5) is 10.3. The summed E-state index contributed by atoms with van der Waals surface area (Å²) in [5.41, 5.74) is -0.214. The number of nitrogens with zero attached hydrogens (tertiary/aromatic N) is 2. The summed E-state index contributed by atoms with van der Waals surface area (Å²) in [6.45, 7) is 3.27. The molecule has 0 aromatic carbocycles. The number of rotatable bonds is 2. The first-order valence-electron chi connectivity index (χ1n) is 4.11. The topological polar surface area (TPSA) is 65.2 Å². The molecule has 0 bridgehead atoms. The van der Waals surface area contributed by atoms with E-state index in [1.807, 2.05) is 6.92 Å². The van der Waals surface area contributed by atoms with E-state index < -0.39 is 0 Å². The van der Waals surface area contributed by atoms with Crippen LogP contribution in [0.25, 0.3) is 0 Å². The molecule has 2 heterocycles. The largest absolute Gasteiger partial charge is 0.418 e. The van der Waals surface area contributed by atoms with Gasteiger partial charge in [-0.3, -0.25) is 4.79 Å². The minimum absolute atomic E-state index is 0.0307. The van der Waals surface area contributed by atoms with Gasteiger partial charge in [0.25, 0.3) is 5.89 Å². The quantitative estimate of drug-likeness (QED) is 0.625. The molecule has 70 valence electrons. The highest BCUT2D eigenvalue weighted by Gasteiger charge is 2.36. The molecule has 1 unspecified atom stereocenters. The number of hydrogen-bond donors (Lipinski definition) is 0. The van der Waals surface area contributed by atoms with Crippen molar-refractivity contribution in [2.24, 2.45) is 0 Å². The van der Waals surface area contributed by atoms with Crippen molar-refractivity contribution in [3.63, 3.8) is 0 Å². The fourth-order valence-corrected chi connectivity index (χ4v) is 1.36. The fraction of sp³-hybridized carbons (Fsp3) is 0.625. The molecule has 13 heavy (non-hydrogen) atoms. The molecule has 5 heteroatoms. The molecular weight excluding hydrogens is 172 g/mol. The first kappa shape index (κ1) is 8.37. The molecular formula is C8H10N2O3. The normalized spacial score (nSPS) is 27.8. The average Bonchev–Trinajstić information content (AvgIpc) is 2.72. The third-order valence-electron chi connectivity index (χ3n) is 2.28. The summed E-state index contributed by atoms with van der Waals surface area (Å²) in [7, 11) is 0. The van der Waals surface area contributed by atoms with Gasteiger partial charge in [0.05, 0.1) is 12.0 Å². The lowest BCUT2D eigenvalue weighted by Crippen LogP contribution is -2.22. The van der Waals surface area contributed by atoms with Crippen LogP contribution < -0.4 is 0 Å². The van der Waals surface area contributed by atoms with Gasteiger partial charge in [-0.15, -0.1) is 10.2 Å². The predicted octanol–water partition coefficient (Wildman–Crippen LogP) is 0.560. The van der Waals surface area contributed by atoms with Gasteiger partial charge in [0, 0.05) is 6.61 Å². The summed E-state index contributed by atoms with van der Waals surface area (Å²) < 4.78 is 10.4. The minimum atomic E-state index is -0.214. The minimum Gasteiger partial charge on any atom is -0.418 e. The van der Waals surface area contributed by atoms with E-state index in [-0.39, 0.29) is 11.3 Å². The number of carbonyl (C=O) groups is 1. The average molecular weight is 182 g/mol. The summed E-state index contributed by atoms with van der Waals surface area (Å²) in [6, 6.07) is 0. The van der Waals surface area contributed by atoms with Crippen LogP contribution in [0, 0.1) is 0 Å². The van der Waals surface area contributed by atoms with Crippen LogP contribution in [0.4, 0.5) is 0 Å². The lowest BCUT2D eigenvalue weighted by molar-refractivity contribution is 0.108. The Balaban J connectivity index is 2.28. The summed E-state index contributed by atoms with van der Waals surface area (Å²) in [5.74, 6) is 0.523. The second-order valence-corrected chi connectivity index (χ2v) is 3.43. The molecule has 1 aliphatic rings. The molecule has 0 amide bonds. The van der Waals surface area contributed by atoms with Crippen LogP contribution in [0.1, 0.15) is 29.9 Å². The summed E-state index contributed by atoms with van der Waals surface area (Å²) in [6.07, 6.45) is 1.41. The van der Waals surface area contributed by atoms with Gasteiger partial charge < -0.3 is 9.15 Å². The molecule has 2 rings (SSSR count). The number of ether oxygens (including phenoxy) is 1. The Kier molecular flexibility index (Phi) is 1.88. The van der Waals surface area contributed by atoms with E-state index in [9.17, 15) is 4.79 Å². The SMILES string of the molecule is CC1(c2nnc(C=O)o2)CCOC1. The number of hydrogen-bond acceptors (Lipinski definition) is 5. The number of carbonyl (C=O) groups excluding carboxylic acids is 1. The Hall–Kier alpha value is -1.23. The molecule has 1 saturated heterocycles. The Morgan fingerprint density at radius 3 is 2.92 bits per heavy atom. The van der Waals surface area contributed by atoms with Gasteiger partial charge in [-0.1, -0.05) is 0 Å². The van der Waals surface area contributed by atoms with E-state index >= 15 is 0 Å². The Morgan fingerprint density at radius 1 is 1.54 bits per heavy atom. The van der Waals surface area contributed by atoms with E-state index in [1.165, 1.54) is 0 Å². The van der Waals surface area contributed by atoms with Crippen LogP contribution >= 0.6 is 0 Å². The van der Waals surface area contributed by atoms with Gasteiger partial charge in [-0.2, -0.15) is 0 Å². The molecule has 0 saturated carbocycles. The first-order valence-corrected chi connectivity index (χ1v) is 4.11. The van der Waals surface area contributed by atoms with Crippen LogP contribution in [0.15, 0.2) is 4.42 Å². The van der Waals surface area contributed by atoms with E-state index in [1.54, 1.807) is 0 Å². The van der Waals surface area contributed by atoms with Crippen LogP contribution in [-0.4, -0.2) is 29.7 Å². The number of aromatic nitrogens is 2. The third kappa shape index (κ3) is 1.35. The highest BCUT2D eigenvalue weighted by atomic mass is 16.5. The van der Waals surface area contributed by atoms with Crippen LogP contribution in [0.3, 0.4) is 0 Å². The van der Waals surface area contributed by atoms with Gasteiger partial charge in [0.2, 0.25) is 12.2 Å². The third-order valence-corrected chi connectivity index (χ3v) is 2.28. The molecule has 1 atom stereocenters. The predicted molar refractivity (Wildman–Crippen MR) is 42.5 cm³/mol. The molecule has 5 nitrogen and oxygen atoms in total. The Labute approximate surface area is 75.1 Å². The zero-order valence-electron chi connectivity index (χ0n) is 7.32. The van der Waals surface area contributed by atoms with Crippen molar-refractivity contribution in [1.82, 2.24) is 10.2 Å². The summed E-state index contributed by atoms with van der Waals surface area (Å²) >= 11 is 0. The Bertz CT molecular complexity index is 315. The van der Waals surface area contributed by atoms with Crippen molar-refractivity contribution in [3.05, 3.63) is 11.8 Å². The van der Waals surface area contributed by atoms with Crippen molar-refractivity contribution in [1.29, 1.82) is 0 Å². The van der Waals surface area contributed by atoms with Crippen molar-refractivity contribution >= 4 is 6.29 Å². The molecule has 1 fully saturated rings. The Morgan fingerprint density at radius 2 is 2.38 bits per heavy atom. The monoisotopic (exact) mass is 182 g/mol. The molecule has 1 aromatic heterocycles. The molecule has 0 aliphatic carbocycles. The maximum Gasteiger partial charge on any atom is 0.280 e. The molecule has 0 radical (unpaired) electrons. The molecule has 0 spiro atoms. The second-order valence-electron chi connectivity index (χ2n) is 3.43. The van der Waals surface area contributed by atoms with Gasteiger partial charge in [-0.25, -0.2) is 0 Å². The second kappa shape index (κ2) is 2.92. The highest BCUT2D eigenvalue weighted by molar-refractivity contribution is 5.66. The van der Waals surface area contributed by atoms with Crippen molar-refractivity contribution in [3.8, 4) is 0 Å². The van der Waals surface area contributed by atoms with E-state index in [0.29, 0.717) is 25.4 Å². The van der Waals surface area contributed by atoms with Crippen LogP contribution in [0.2, 0.25) is 0 Å². The van der Waals surface area contributed by atoms with Gasteiger partial charge >= 0.3 is 0 Å². The van der Waals surface area contributed by atoms with Crippen molar-refractivity contribution < 1.29 is 13.9 Å². The maximum atomic E-state index is 10.3. The summed E-state index contributed by atoms with van der Waals surface area (Å²) in [5, 5.41) is 7.40. The van der Waals surface area contributed by atoms with Gasteiger partial charge in [0.1, 0.15) is 0 Å². The van der Waals surface area contributed by atoms with Gasteiger partial charge in [-0.05, 0) is 13.3 Å². The van der Waals surface area contributed by atoms with E-state index in [2.05, 4.69) is 10.2 Å². The molecule has 1 aromatic rings. The maximum absolute atomic E-state index is 10.3. The fourth-order valence-electron chi connectivity index (χ4n) is 1.36. The zero-order valence-corrected chi connectivity index (χ0v) is 7.32. The molecule has 0 N–H and O–H groups in total. The van der Waals surface area contributed by atoms with E-state index in [0.717, 1.165) is 6.42 Å². The molecule has 1 aliphatic heterocycles. The van der Waals surface area contributed by atoms with Gasteiger partial charge in [0.15, 0.2) is 0 Å². The lowest BCUT2D eigenvalue weighted by atomic mass is 9.90. The highest BCUT2D eigenvalue weighted by Crippen LogP contribution is 2.31. The van der Waals surface area contributed by atoms with Crippen molar-refractivity contribution in [2.75, 3.05) is 13.2 Å². The lowest BCUT2D eigenvalue weighted by Gasteiger charge is -2.14. The zero-order chi connectivity index (χ0) is 9.31. The van der Waals surface area contributed by atoms with Crippen LogP contribution in [0.5, 0.6) is 0 Å². The number of aldehydes is 1. The van der Waals surface area contributed by atoms with Crippen molar-refractivity contribution in [2.45, 2.75) is 18.8 Å². The standard InChI is InChI=1S/C8H10N2O3/c1-8(2-3-12-5-8)7-10-9-6(4-11)13-7/h4H,2-3,5H2,1H3. The first-order chi connectivity index (χ1) is 6.24. The smallest absolute Gasteiger partial charge is 0.280 e.